The molecule has 45 heavy (non-hydrogen) atoms. The summed E-state index contributed by atoms with van der Waals surface area (Å²) in [5, 5.41) is 9.61. The van der Waals surface area contributed by atoms with Crippen LogP contribution in [-0.4, -0.2) is 60.8 Å². The zero-order chi connectivity index (χ0) is 32.0. The largest absolute Gasteiger partial charge is 0.444 e. The van der Waals surface area contributed by atoms with Crippen LogP contribution in [0.15, 0.2) is 54.7 Å². The molecule has 3 N–H and O–H groups in total. The number of methoxy groups -OCH3 is 1. The van der Waals surface area contributed by atoms with Crippen LogP contribution in [-0.2, 0) is 20.8 Å². The second-order valence-electron chi connectivity index (χ2n) is 12.6. The van der Waals surface area contributed by atoms with Crippen molar-refractivity contribution in [3.63, 3.8) is 0 Å². The van der Waals surface area contributed by atoms with E-state index in [-0.39, 0.29) is 17.9 Å². The van der Waals surface area contributed by atoms with E-state index in [1.807, 2.05) is 57.2 Å². The molecular weight excluding hydrogens is 590 g/mol. The predicted octanol–water partition coefficient (Wildman–Crippen LogP) is 5.99. The van der Waals surface area contributed by atoms with Crippen molar-refractivity contribution in [2.75, 3.05) is 30.5 Å². The summed E-state index contributed by atoms with van der Waals surface area (Å²) < 4.78 is 10.4. The molecule has 2 fully saturated rings. The number of rotatable bonds is 10. The van der Waals surface area contributed by atoms with Gasteiger partial charge in [-0.15, -0.1) is 11.3 Å². The van der Waals surface area contributed by atoms with Crippen LogP contribution >= 0.6 is 11.3 Å². The maximum Gasteiger partial charge on any atom is 0.412 e. The molecule has 0 radical (unpaired) electrons. The molecule has 3 atom stereocenters. The molecular formula is C34H43N5O5S. The van der Waals surface area contributed by atoms with Crippen LogP contribution in [0, 0.1) is 5.92 Å². The van der Waals surface area contributed by atoms with Gasteiger partial charge in [0, 0.05) is 42.0 Å². The molecule has 1 aliphatic heterocycles. The Labute approximate surface area is 268 Å². The van der Waals surface area contributed by atoms with Crippen LogP contribution in [0.3, 0.4) is 0 Å². The molecule has 240 valence electrons. The second kappa shape index (κ2) is 14.4. The van der Waals surface area contributed by atoms with Gasteiger partial charge < -0.3 is 25.0 Å². The minimum Gasteiger partial charge on any atom is -0.444 e. The molecule has 0 unspecified atom stereocenters. The number of carbonyl (C=O) groups excluding carboxylic acids is 3. The van der Waals surface area contributed by atoms with Gasteiger partial charge in [0.25, 0.3) is 5.91 Å². The third-order valence-electron chi connectivity index (χ3n) is 8.19. The smallest absolute Gasteiger partial charge is 0.412 e. The van der Waals surface area contributed by atoms with E-state index >= 15 is 0 Å². The van der Waals surface area contributed by atoms with E-state index in [4.69, 9.17) is 14.5 Å². The number of nitrogens with zero attached hydrogens (tertiary/aromatic N) is 2. The first-order valence-corrected chi connectivity index (χ1v) is 16.4. The third kappa shape index (κ3) is 8.40. The lowest BCUT2D eigenvalue weighted by Gasteiger charge is -2.33. The first kappa shape index (κ1) is 32.4. The molecule has 2 aliphatic rings. The fraction of sp³-hybridized carbons (Fsp3) is 0.471. The first-order chi connectivity index (χ1) is 21.6. The summed E-state index contributed by atoms with van der Waals surface area (Å²) in [5.41, 5.74) is 2.54. The van der Waals surface area contributed by atoms with E-state index in [0.29, 0.717) is 42.9 Å². The van der Waals surface area contributed by atoms with Gasteiger partial charge in [0.2, 0.25) is 5.91 Å². The molecule has 5 rings (SSSR count). The number of amides is 3. The number of hydrogen-bond acceptors (Lipinski definition) is 8. The Kier molecular flexibility index (Phi) is 10.4. The Morgan fingerprint density at radius 3 is 2.36 bits per heavy atom. The Bertz CT molecular complexity index is 1470. The molecule has 3 aromatic rings. The van der Waals surface area contributed by atoms with Crippen LogP contribution in [0.25, 0.3) is 11.1 Å². The van der Waals surface area contributed by atoms with E-state index in [9.17, 15) is 14.4 Å². The number of ether oxygens (including phenoxy) is 2. The monoisotopic (exact) mass is 633 g/mol. The van der Waals surface area contributed by atoms with Crippen LogP contribution in [0.5, 0.6) is 0 Å². The number of carbonyl (C=O) groups is 3. The standard InChI is InChI=1S/C34H43N5O5S/c1-34(2,3)44-33(42)38-26-15-13-23(14-16-26)22-9-11-24(12-10-22)30(40)36-20-27-21-37-32(45-27)39-28-8-6-5-7-25(28)19-29(39)31(41)35-17-18-43-4/h9-16,21,25,28-29H,5-8,17-20H2,1-4H3,(H,35,41)(H,36,40)(H,38,42)/t25-,28-,29-/m0/s1. The van der Waals surface area contributed by atoms with E-state index in [1.165, 1.54) is 12.8 Å². The lowest BCUT2D eigenvalue weighted by Crippen LogP contribution is -2.47. The Morgan fingerprint density at radius 2 is 1.67 bits per heavy atom. The molecule has 1 saturated heterocycles. The summed E-state index contributed by atoms with van der Waals surface area (Å²) in [4.78, 5) is 46.0. The number of thiazole rings is 1. The fourth-order valence-electron chi connectivity index (χ4n) is 6.11. The van der Waals surface area contributed by atoms with Crippen molar-refractivity contribution in [3.05, 3.63) is 65.2 Å². The molecule has 0 spiro atoms. The lowest BCUT2D eigenvalue weighted by molar-refractivity contribution is -0.122. The maximum atomic E-state index is 13.1. The molecule has 11 heteroatoms. The molecule has 1 aliphatic carbocycles. The van der Waals surface area contributed by atoms with Gasteiger partial charge in [0.05, 0.1) is 13.2 Å². The number of aromatic nitrogens is 1. The normalized spacial score (nSPS) is 19.5. The van der Waals surface area contributed by atoms with Crippen LogP contribution in [0.2, 0.25) is 0 Å². The minimum absolute atomic E-state index is 0.0309. The molecule has 2 aromatic carbocycles. The topological polar surface area (TPSA) is 122 Å². The highest BCUT2D eigenvalue weighted by molar-refractivity contribution is 7.15. The predicted molar refractivity (Wildman–Crippen MR) is 177 cm³/mol. The lowest BCUT2D eigenvalue weighted by atomic mass is 9.85. The van der Waals surface area contributed by atoms with Crippen molar-refractivity contribution >= 4 is 40.1 Å². The molecule has 0 bridgehead atoms. The number of anilines is 2. The highest BCUT2D eigenvalue weighted by Gasteiger charge is 2.46. The first-order valence-electron chi connectivity index (χ1n) is 15.6. The Hall–Kier alpha value is -3.96. The second-order valence-corrected chi connectivity index (χ2v) is 13.7. The molecule has 3 amide bonds. The van der Waals surface area contributed by atoms with Crippen molar-refractivity contribution in [3.8, 4) is 11.1 Å². The van der Waals surface area contributed by atoms with E-state index in [2.05, 4.69) is 20.9 Å². The fourth-order valence-corrected chi connectivity index (χ4v) is 7.07. The summed E-state index contributed by atoms with van der Waals surface area (Å²) in [6.45, 7) is 6.79. The van der Waals surface area contributed by atoms with Crippen LogP contribution in [0.1, 0.15) is 68.1 Å². The molecule has 10 nitrogen and oxygen atoms in total. The summed E-state index contributed by atoms with van der Waals surface area (Å²) in [6.07, 6.45) is 6.74. The summed E-state index contributed by atoms with van der Waals surface area (Å²) in [7, 11) is 1.63. The van der Waals surface area contributed by atoms with Crippen molar-refractivity contribution in [1.29, 1.82) is 0 Å². The Morgan fingerprint density at radius 1 is 0.978 bits per heavy atom. The molecule has 1 saturated carbocycles. The number of hydrogen-bond donors (Lipinski definition) is 3. The summed E-state index contributed by atoms with van der Waals surface area (Å²) >= 11 is 1.54. The average molecular weight is 634 g/mol. The van der Waals surface area contributed by atoms with E-state index < -0.39 is 11.7 Å². The van der Waals surface area contributed by atoms with E-state index in [1.54, 1.807) is 36.8 Å². The van der Waals surface area contributed by atoms with E-state index in [0.717, 1.165) is 40.4 Å². The number of nitrogens with one attached hydrogen (secondary N) is 3. The van der Waals surface area contributed by atoms with Gasteiger partial charge in [-0.25, -0.2) is 9.78 Å². The zero-order valence-electron chi connectivity index (χ0n) is 26.4. The maximum absolute atomic E-state index is 13.1. The summed E-state index contributed by atoms with van der Waals surface area (Å²) in [6, 6.07) is 14.9. The van der Waals surface area contributed by atoms with Crippen LogP contribution < -0.4 is 20.9 Å². The van der Waals surface area contributed by atoms with Gasteiger partial charge in [0.1, 0.15) is 11.6 Å². The van der Waals surface area contributed by atoms with Crippen molar-refractivity contribution < 1.29 is 23.9 Å². The van der Waals surface area contributed by atoms with Crippen molar-refractivity contribution in [2.24, 2.45) is 5.92 Å². The number of benzene rings is 2. The minimum atomic E-state index is -0.568. The number of fused-ring (bicyclic) bond motifs is 1. The van der Waals surface area contributed by atoms with Crippen molar-refractivity contribution in [2.45, 2.75) is 77.1 Å². The van der Waals surface area contributed by atoms with Gasteiger partial charge in [-0.05, 0) is 81.3 Å². The quantitative estimate of drug-likeness (QED) is 0.235. The van der Waals surface area contributed by atoms with Gasteiger partial charge in [-0.2, -0.15) is 0 Å². The average Bonchev–Trinajstić information content (AvgIpc) is 3.64. The summed E-state index contributed by atoms with van der Waals surface area (Å²) in [5.74, 6) is 0.361. The zero-order valence-corrected chi connectivity index (χ0v) is 27.2. The Balaban J connectivity index is 1.17. The SMILES string of the molecule is COCCNC(=O)[C@@H]1C[C@@H]2CCCC[C@@H]2N1c1ncc(CNC(=O)c2ccc(-c3ccc(NC(=O)OC(C)(C)C)cc3)cc2)s1. The molecule has 1 aromatic heterocycles. The van der Waals surface area contributed by atoms with Gasteiger partial charge in [-0.1, -0.05) is 37.1 Å². The van der Waals surface area contributed by atoms with Crippen LogP contribution in [0.4, 0.5) is 15.6 Å². The van der Waals surface area contributed by atoms with Gasteiger partial charge in [0.15, 0.2) is 5.13 Å². The van der Waals surface area contributed by atoms with Gasteiger partial charge in [-0.3, -0.25) is 14.9 Å². The van der Waals surface area contributed by atoms with Gasteiger partial charge >= 0.3 is 6.09 Å². The van der Waals surface area contributed by atoms with Crippen molar-refractivity contribution in [1.82, 2.24) is 15.6 Å². The third-order valence-corrected chi connectivity index (χ3v) is 9.20. The highest BCUT2D eigenvalue weighted by Crippen LogP contribution is 2.43. The molecule has 2 heterocycles. The highest BCUT2D eigenvalue weighted by atomic mass is 32.1.